The Morgan fingerprint density at radius 3 is 2.58 bits per heavy atom. The third-order valence-corrected chi connectivity index (χ3v) is 6.44. The third-order valence-electron chi connectivity index (χ3n) is 5.45. The Bertz CT molecular complexity index is 1450. The summed E-state index contributed by atoms with van der Waals surface area (Å²) in [4.78, 5) is 20.6. The Kier molecular flexibility index (Phi) is 6.33. The second-order valence-corrected chi connectivity index (χ2v) is 8.86. The Morgan fingerprint density at radius 1 is 1.18 bits per heavy atom. The van der Waals surface area contributed by atoms with Crippen molar-refractivity contribution in [3.8, 4) is 11.3 Å². The van der Waals surface area contributed by atoms with Gasteiger partial charge in [0.05, 0.1) is 22.7 Å². The molecule has 7 heteroatoms. The maximum atomic E-state index is 14.4. The van der Waals surface area contributed by atoms with Crippen molar-refractivity contribution in [2.24, 2.45) is 0 Å². The van der Waals surface area contributed by atoms with Crippen LogP contribution in [0.25, 0.3) is 27.1 Å². The Hall–Kier alpha value is -3.45. The van der Waals surface area contributed by atoms with Crippen LogP contribution >= 0.6 is 11.8 Å². The predicted molar refractivity (Wildman–Crippen MR) is 132 cm³/mol. The van der Waals surface area contributed by atoms with Gasteiger partial charge in [0.25, 0.3) is 0 Å². The Balaban J connectivity index is 1.97. The molecular weight excluding hydrogens is 440 g/mol. The highest BCUT2D eigenvalue weighted by atomic mass is 32.2. The van der Waals surface area contributed by atoms with Gasteiger partial charge in [-0.15, -0.1) is 0 Å². The topological polar surface area (TPSA) is 50.7 Å². The first-order valence-corrected chi connectivity index (χ1v) is 11.3. The summed E-state index contributed by atoms with van der Waals surface area (Å²) >= 11 is 1.47. The largest absolute Gasteiger partial charge is 0.323 e. The fourth-order valence-electron chi connectivity index (χ4n) is 3.88. The van der Waals surface area contributed by atoms with Crippen LogP contribution in [0.15, 0.2) is 70.9 Å². The molecule has 0 amide bonds. The van der Waals surface area contributed by atoms with Crippen molar-refractivity contribution in [2.45, 2.75) is 27.3 Å². The third kappa shape index (κ3) is 4.28. The molecule has 4 nitrogen and oxygen atoms in total. The summed E-state index contributed by atoms with van der Waals surface area (Å²) in [5.41, 5.74) is 3.70. The normalized spacial score (nSPS) is 11.1. The number of pyridine rings is 1. The van der Waals surface area contributed by atoms with E-state index >= 15 is 0 Å². The number of halogens is 2. The first kappa shape index (κ1) is 22.7. The molecule has 0 radical (unpaired) electrons. The van der Waals surface area contributed by atoms with Gasteiger partial charge in [-0.25, -0.2) is 13.8 Å². The number of thioether (sulfide) groups is 1. The highest BCUT2D eigenvalue weighted by molar-refractivity contribution is 8.10. The van der Waals surface area contributed by atoms with Gasteiger partial charge in [-0.3, -0.25) is 4.79 Å². The molecular formula is C26H23F2N3OS. The van der Waals surface area contributed by atoms with Gasteiger partial charge in [0, 0.05) is 22.7 Å². The van der Waals surface area contributed by atoms with E-state index in [2.05, 4.69) is 11.6 Å². The summed E-state index contributed by atoms with van der Waals surface area (Å²) in [6.45, 7) is 10.1. The summed E-state index contributed by atoms with van der Waals surface area (Å²) in [6.07, 6.45) is 0. The summed E-state index contributed by atoms with van der Waals surface area (Å²) in [6, 6.07) is 13.8. The molecule has 0 aliphatic heterocycles. The van der Waals surface area contributed by atoms with E-state index < -0.39 is 17.2 Å². The van der Waals surface area contributed by atoms with Crippen LogP contribution in [0, 0.1) is 18.6 Å². The lowest BCUT2D eigenvalue weighted by molar-refractivity contribution is 0.515. The molecule has 2 aromatic carbocycles. The molecule has 0 atom stereocenters. The number of rotatable bonds is 6. The van der Waals surface area contributed by atoms with Gasteiger partial charge >= 0.3 is 0 Å². The lowest BCUT2D eigenvalue weighted by Crippen LogP contribution is -2.13. The minimum absolute atomic E-state index is 0.136. The number of H-pyrrole nitrogens is 1. The van der Waals surface area contributed by atoms with Gasteiger partial charge in [-0.05, 0) is 43.9 Å². The maximum Gasteiger partial charge on any atom is 0.248 e. The monoisotopic (exact) mass is 463 g/mol. The molecule has 4 rings (SSSR count). The second kappa shape index (κ2) is 9.19. The minimum atomic E-state index is -1.06. The average molecular weight is 464 g/mol. The summed E-state index contributed by atoms with van der Waals surface area (Å²) in [7, 11) is 0. The summed E-state index contributed by atoms with van der Waals surface area (Å²) in [5, 5.41) is 2.20. The van der Waals surface area contributed by atoms with Crippen molar-refractivity contribution in [3.63, 3.8) is 0 Å². The van der Waals surface area contributed by atoms with Crippen LogP contribution in [0.1, 0.15) is 30.9 Å². The minimum Gasteiger partial charge on any atom is -0.323 e. The lowest BCUT2D eigenvalue weighted by atomic mass is 10.1. The van der Waals surface area contributed by atoms with Crippen LogP contribution < -0.4 is 5.56 Å². The lowest BCUT2D eigenvalue weighted by Gasteiger charge is -2.14. The van der Waals surface area contributed by atoms with Gasteiger partial charge in [0.2, 0.25) is 5.56 Å². The van der Waals surface area contributed by atoms with Gasteiger partial charge in [0.15, 0.2) is 11.6 Å². The smallest absolute Gasteiger partial charge is 0.248 e. The Labute approximate surface area is 194 Å². The van der Waals surface area contributed by atoms with E-state index in [0.717, 1.165) is 39.3 Å². The number of fused-ring (bicyclic) bond motifs is 1. The standard InChI is InChI=1S/C26H23F2N3OS/c1-5-33-25(15(2)3)26-30-23(17-9-7-6-8-10-17)16(4)31(26)14-18-13-21(32)29-24-19(18)11-12-20(27)22(24)28/h5-13H,1,14H2,2-4H3,(H,29,32). The number of aromatic amines is 1. The molecule has 0 saturated heterocycles. The molecule has 2 aromatic heterocycles. The first-order valence-electron chi connectivity index (χ1n) is 10.4. The highest BCUT2D eigenvalue weighted by Crippen LogP contribution is 2.35. The molecule has 0 aliphatic carbocycles. The number of allylic oxidation sites excluding steroid dienone is 1. The molecule has 0 unspecified atom stereocenters. The fourth-order valence-corrected chi connectivity index (χ4v) is 4.55. The number of benzene rings is 2. The zero-order valence-corrected chi connectivity index (χ0v) is 19.4. The van der Waals surface area contributed by atoms with E-state index in [-0.39, 0.29) is 12.1 Å². The predicted octanol–water partition coefficient (Wildman–Crippen LogP) is 6.65. The van der Waals surface area contributed by atoms with Crippen molar-refractivity contribution < 1.29 is 8.78 Å². The molecule has 168 valence electrons. The summed E-state index contributed by atoms with van der Waals surface area (Å²) < 4.78 is 30.2. The van der Waals surface area contributed by atoms with Crippen molar-refractivity contribution >= 4 is 27.6 Å². The van der Waals surface area contributed by atoms with Crippen LogP contribution in [-0.4, -0.2) is 14.5 Å². The van der Waals surface area contributed by atoms with Crippen molar-refractivity contribution in [1.29, 1.82) is 0 Å². The highest BCUT2D eigenvalue weighted by Gasteiger charge is 2.21. The van der Waals surface area contributed by atoms with Crippen LogP contribution in [0.2, 0.25) is 0 Å². The molecule has 0 spiro atoms. The van der Waals surface area contributed by atoms with E-state index in [1.807, 2.05) is 55.7 Å². The first-order chi connectivity index (χ1) is 15.8. The van der Waals surface area contributed by atoms with Gasteiger partial charge in [-0.2, -0.15) is 0 Å². The fraction of sp³-hybridized carbons (Fsp3) is 0.154. The maximum absolute atomic E-state index is 14.4. The number of hydrogen-bond acceptors (Lipinski definition) is 3. The zero-order chi connectivity index (χ0) is 23.7. The number of hydrogen-bond donors (Lipinski definition) is 1. The molecule has 4 aromatic rings. The molecule has 0 fully saturated rings. The van der Waals surface area contributed by atoms with E-state index in [1.165, 1.54) is 23.9 Å². The molecule has 0 bridgehead atoms. The second-order valence-electron chi connectivity index (χ2n) is 7.88. The number of imidazole rings is 1. The molecule has 2 heterocycles. The summed E-state index contributed by atoms with van der Waals surface area (Å²) in [5.74, 6) is -1.34. The van der Waals surface area contributed by atoms with E-state index in [1.54, 1.807) is 5.41 Å². The van der Waals surface area contributed by atoms with Gasteiger partial charge in [-0.1, -0.05) is 54.2 Å². The SMILES string of the molecule is C=CSC(=C(C)C)c1nc(-c2ccccc2)c(C)n1Cc1cc(=O)[nH]c2c(F)c(F)ccc12. The van der Waals surface area contributed by atoms with Gasteiger partial charge in [0.1, 0.15) is 5.82 Å². The van der Waals surface area contributed by atoms with E-state index in [0.29, 0.717) is 10.9 Å². The van der Waals surface area contributed by atoms with Crippen LogP contribution in [-0.2, 0) is 6.54 Å². The van der Waals surface area contributed by atoms with Crippen molar-refractivity contribution in [3.05, 3.63) is 105 Å². The van der Waals surface area contributed by atoms with E-state index in [4.69, 9.17) is 4.98 Å². The number of aromatic nitrogens is 3. The number of nitrogens with zero attached hydrogens (tertiary/aromatic N) is 2. The van der Waals surface area contributed by atoms with E-state index in [9.17, 15) is 13.6 Å². The average Bonchev–Trinajstić information content (AvgIpc) is 3.11. The number of nitrogens with one attached hydrogen (secondary N) is 1. The van der Waals surface area contributed by atoms with Gasteiger partial charge < -0.3 is 9.55 Å². The van der Waals surface area contributed by atoms with Crippen LogP contribution in [0.3, 0.4) is 0 Å². The molecule has 0 saturated carbocycles. The van der Waals surface area contributed by atoms with Crippen LogP contribution in [0.5, 0.6) is 0 Å². The van der Waals surface area contributed by atoms with Crippen molar-refractivity contribution in [1.82, 2.24) is 14.5 Å². The molecule has 0 aliphatic rings. The molecule has 1 N–H and O–H groups in total. The quantitative estimate of drug-likeness (QED) is 0.348. The Morgan fingerprint density at radius 2 is 1.91 bits per heavy atom. The molecule has 33 heavy (non-hydrogen) atoms. The van der Waals surface area contributed by atoms with Crippen molar-refractivity contribution in [2.75, 3.05) is 0 Å². The van der Waals surface area contributed by atoms with Crippen LogP contribution in [0.4, 0.5) is 8.78 Å². The zero-order valence-electron chi connectivity index (χ0n) is 18.6.